The van der Waals surface area contributed by atoms with Gasteiger partial charge < -0.3 is 0 Å². The number of thiophene rings is 1. The summed E-state index contributed by atoms with van der Waals surface area (Å²) < 4.78 is 0.901. The zero-order chi connectivity index (χ0) is 9.97. The second-order valence-electron chi connectivity index (χ2n) is 4.09. The van der Waals surface area contributed by atoms with Crippen LogP contribution in [-0.2, 0) is 6.42 Å². The van der Waals surface area contributed by atoms with Crippen molar-refractivity contribution in [2.24, 2.45) is 5.92 Å². The molecular weight excluding hydrogens is 235 g/mol. The van der Waals surface area contributed by atoms with Gasteiger partial charge in [0.15, 0.2) is 0 Å². The number of hydrogen-bond donors (Lipinski definition) is 0. The van der Waals surface area contributed by atoms with E-state index in [0.717, 1.165) is 16.7 Å². The molecule has 0 amide bonds. The number of rotatable bonds is 2. The predicted molar refractivity (Wildman–Crippen MR) is 64.6 cm³/mol. The van der Waals surface area contributed by atoms with Crippen molar-refractivity contribution in [2.75, 3.05) is 0 Å². The van der Waals surface area contributed by atoms with Gasteiger partial charge in [0.25, 0.3) is 0 Å². The van der Waals surface area contributed by atoms with Crippen LogP contribution < -0.4 is 0 Å². The van der Waals surface area contributed by atoms with E-state index in [1.54, 1.807) is 11.3 Å². The molecule has 2 unspecified atom stereocenters. The quantitative estimate of drug-likeness (QED) is 0.664. The lowest BCUT2D eigenvalue weighted by atomic mass is 9.85. The van der Waals surface area contributed by atoms with Crippen LogP contribution >= 0.6 is 34.5 Å². The monoisotopic (exact) mass is 248 g/mol. The minimum atomic E-state index is 0.405. The van der Waals surface area contributed by atoms with Gasteiger partial charge in [0.2, 0.25) is 0 Å². The Balaban J connectivity index is 1.90. The predicted octanol–water partition coefficient (Wildman–Crippen LogP) is 4.74. The first-order valence-corrected chi connectivity index (χ1v) is 6.80. The molecule has 2 atom stereocenters. The zero-order valence-electron chi connectivity index (χ0n) is 8.01. The summed E-state index contributed by atoms with van der Waals surface area (Å²) in [4.78, 5) is 0. The minimum Gasteiger partial charge on any atom is -0.132 e. The highest BCUT2D eigenvalue weighted by Crippen LogP contribution is 2.31. The fraction of sp³-hybridized carbons (Fsp3) is 0.636. The van der Waals surface area contributed by atoms with Gasteiger partial charge >= 0.3 is 0 Å². The molecule has 78 valence electrons. The van der Waals surface area contributed by atoms with Crippen LogP contribution in [0.4, 0.5) is 0 Å². The van der Waals surface area contributed by atoms with Crippen LogP contribution in [0.15, 0.2) is 11.4 Å². The van der Waals surface area contributed by atoms with E-state index in [9.17, 15) is 0 Å². The summed E-state index contributed by atoms with van der Waals surface area (Å²) in [7, 11) is 0. The zero-order valence-corrected chi connectivity index (χ0v) is 10.3. The lowest BCUT2D eigenvalue weighted by molar-refractivity contribution is 0.362. The van der Waals surface area contributed by atoms with Crippen LogP contribution in [0.1, 0.15) is 31.2 Å². The second kappa shape index (κ2) is 4.87. The van der Waals surface area contributed by atoms with Gasteiger partial charge in [-0.2, -0.15) is 0 Å². The third kappa shape index (κ3) is 2.88. The lowest BCUT2D eigenvalue weighted by Gasteiger charge is -2.24. The van der Waals surface area contributed by atoms with Crippen LogP contribution in [0, 0.1) is 5.92 Å². The highest BCUT2D eigenvalue weighted by atomic mass is 35.5. The van der Waals surface area contributed by atoms with Gasteiger partial charge in [-0.25, -0.2) is 0 Å². The van der Waals surface area contributed by atoms with Gasteiger partial charge in [0.05, 0.1) is 4.34 Å². The standard InChI is InChI=1S/C11H14Cl2S/c12-10-3-1-2-8(5-10)4-9-6-11(13)14-7-9/h6-8,10H,1-5H2. The molecule has 1 saturated carbocycles. The highest BCUT2D eigenvalue weighted by molar-refractivity contribution is 7.14. The SMILES string of the molecule is Clc1cc(CC2CCCC(Cl)C2)cs1. The summed E-state index contributed by atoms with van der Waals surface area (Å²) in [6.45, 7) is 0. The molecule has 0 N–H and O–H groups in total. The van der Waals surface area contributed by atoms with Crippen molar-refractivity contribution in [3.63, 3.8) is 0 Å². The Morgan fingerprint density at radius 2 is 2.29 bits per heavy atom. The largest absolute Gasteiger partial charge is 0.132 e. The Morgan fingerprint density at radius 1 is 1.43 bits per heavy atom. The summed E-state index contributed by atoms with van der Waals surface area (Å²) in [5.41, 5.74) is 1.38. The Hall–Kier alpha value is 0.280. The van der Waals surface area contributed by atoms with E-state index in [1.165, 1.54) is 31.2 Å². The molecule has 0 bridgehead atoms. The number of hydrogen-bond acceptors (Lipinski definition) is 1. The number of halogens is 2. The molecule has 1 fully saturated rings. The van der Waals surface area contributed by atoms with E-state index in [0.29, 0.717) is 5.38 Å². The Labute approximate surface area is 99.2 Å². The van der Waals surface area contributed by atoms with Gasteiger partial charge in [-0.1, -0.05) is 24.4 Å². The van der Waals surface area contributed by atoms with Gasteiger partial charge in [0.1, 0.15) is 0 Å². The molecule has 0 radical (unpaired) electrons. The van der Waals surface area contributed by atoms with Crippen LogP contribution in [0.3, 0.4) is 0 Å². The fourth-order valence-electron chi connectivity index (χ4n) is 2.20. The van der Waals surface area contributed by atoms with Crippen molar-refractivity contribution in [3.05, 3.63) is 21.3 Å². The average molecular weight is 249 g/mol. The Morgan fingerprint density at radius 3 is 2.93 bits per heavy atom. The smallest absolute Gasteiger partial charge is 0.0931 e. The molecule has 3 heteroatoms. The molecule has 0 nitrogen and oxygen atoms in total. The molecule has 0 spiro atoms. The van der Waals surface area contributed by atoms with Crippen molar-refractivity contribution in [1.82, 2.24) is 0 Å². The van der Waals surface area contributed by atoms with Crippen LogP contribution in [-0.4, -0.2) is 5.38 Å². The maximum Gasteiger partial charge on any atom is 0.0931 e. The van der Waals surface area contributed by atoms with Gasteiger partial charge in [-0.15, -0.1) is 22.9 Å². The molecule has 0 saturated heterocycles. The van der Waals surface area contributed by atoms with Crippen LogP contribution in [0.2, 0.25) is 4.34 Å². The molecule has 1 aromatic heterocycles. The van der Waals surface area contributed by atoms with Crippen molar-refractivity contribution in [2.45, 2.75) is 37.5 Å². The van der Waals surface area contributed by atoms with Crippen LogP contribution in [0.5, 0.6) is 0 Å². The van der Waals surface area contributed by atoms with Crippen molar-refractivity contribution >= 4 is 34.5 Å². The molecule has 1 heterocycles. The normalized spacial score (nSPS) is 27.9. The second-order valence-corrected chi connectivity index (χ2v) is 6.25. The van der Waals surface area contributed by atoms with E-state index < -0.39 is 0 Å². The molecule has 14 heavy (non-hydrogen) atoms. The van der Waals surface area contributed by atoms with Crippen molar-refractivity contribution in [1.29, 1.82) is 0 Å². The minimum absolute atomic E-state index is 0.405. The first-order valence-electron chi connectivity index (χ1n) is 5.11. The molecule has 1 aliphatic carbocycles. The summed E-state index contributed by atoms with van der Waals surface area (Å²) in [5.74, 6) is 0.775. The first kappa shape index (κ1) is 10.8. The maximum absolute atomic E-state index is 6.16. The van der Waals surface area contributed by atoms with Crippen molar-refractivity contribution < 1.29 is 0 Å². The maximum atomic E-state index is 6.16. The molecule has 1 aliphatic rings. The van der Waals surface area contributed by atoms with Crippen LogP contribution in [0.25, 0.3) is 0 Å². The summed E-state index contributed by atoms with van der Waals surface area (Å²) in [6, 6.07) is 2.09. The third-order valence-electron chi connectivity index (χ3n) is 2.86. The summed E-state index contributed by atoms with van der Waals surface area (Å²) >= 11 is 13.7. The van der Waals surface area contributed by atoms with E-state index >= 15 is 0 Å². The lowest BCUT2D eigenvalue weighted by Crippen LogP contribution is -2.17. The summed E-state index contributed by atoms with van der Waals surface area (Å²) in [6.07, 6.45) is 6.15. The number of alkyl halides is 1. The highest BCUT2D eigenvalue weighted by Gasteiger charge is 2.20. The van der Waals surface area contributed by atoms with E-state index in [2.05, 4.69) is 11.4 Å². The van der Waals surface area contributed by atoms with E-state index in [-0.39, 0.29) is 0 Å². The van der Waals surface area contributed by atoms with Gasteiger partial charge in [-0.3, -0.25) is 0 Å². The van der Waals surface area contributed by atoms with Crippen molar-refractivity contribution in [3.8, 4) is 0 Å². The first-order chi connectivity index (χ1) is 6.74. The molecule has 0 aromatic carbocycles. The molecule has 0 aliphatic heterocycles. The summed E-state index contributed by atoms with van der Waals surface area (Å²) in [5, 5.41) is 2.57. The van der Waals surface area contributed by atoms with E-state index in [1.807, 2.05) is 0 Å². The molecular formula is C11H14Cl2S. The average Bonchev–Trinajstić information content (AvgIpc) is 2.51. The van der Waals surface area contributed by atoms with E-state index in [4.69, 9.17) is 23.2 Å². The van der Waals surface area contributed by atoms with Gasteiger partial charge in [0, 0.05) is 5.38 Å². The Kier molecular flexibility index (Phi) is 3.75. The Bertz CT molecular complexity index is 295. The molecule has 2 rings (SSSR count). The fourth-order valence-corrected chi connectivity index (χ4v) is 3.52. The third-order valence-corrected chi connectivity index (χ3v) is 4.40. The molecule has 1 aromatic rings. The topological polar surface area (TPSA) is 0 Å². The van der Waals surface area contributed by atoms with Gasteiger partial charge in [-0.05, 0) is 42.2 Å².